The molecule has 0 fully saturated rings. The van der Waals surface area contributed by atoms with Gasteiger partial charge in [-0.15, -0.1) is 0 Å². The molecule has 0 radical (unpaired) electrons. The molecular formula is C18H15N3O3. The van der Waals surface area contributed by atoms with Gasteiger partial charge in [0, 0.05) is 23.7 Å². The molecule has 0 aliphatic rings. The zero-order valence-electron chi connectivity index (χ0n) is 13.2. The summed E-state index contributed by atoms with van der Waals surface area (Å²) in [5, 5.41) is 4.58. The highest BCUT2D eigenvalue weighted by Crippen LogP contribution is 2.25. The highest BCUT2D eigenvalue weighted by Gasteiger charge is 2.12. The zero-order valence-corrected chi connectivity index (χ0v) is 13.2. The van der Waals surface area contributed by atoms with Crippen LogP contribution in [0.1, 0.15) is 0 Å². The third-order valence-electron chi connectivity index (χ3n) is 4.04. The van der Waals surface area contributed by atoms with Crippen molar-refractivity contribution < 1.29 is 9.47 Å². The number of H-pyrrole nitrogens is 1. The third kappa shape index (κ3) is 2.11. The van der Waals surface area contributed by atoms with E-state index < -0.39 is 0 Å². The molecule has 0 bridgehead atoms. The Kier molecular flexibility index (Phi) is 3.23. The predicted octanol–water partition coefficient (Wildman–Crippen LogP) is 2.88. The van der Waals surface area contributed by atoms with Crippen molar-refractivity contribution in [3.63, 3.8) is 0 Å². The van der Waals surface area contributed by atoms with E-state index in [2.05, 4.69) is 10.1 Å². The van der Waals surface area contributed by atoms with E-state index in [1.54, 1.807) is 26.5 Å². The molecule has 120 valence electrons. The van der Waals surface area contributed by atoms with E-state index in [1.807, 2.05) is 36.4 Å². The van der Waals surface area contributed by atoms with Gasteiger partial charge in [0.15, 0.2) is 0 Å². The number of nitrogens with zero attached hydrogens (tertiary/aromatic N) is 2. The average Bonchev–Trinajstić information content (AvgIpc) is 2.98. The summed E-state index contributed by atoms with van der Waals surface area (Å²) >= 11 is 0. The molecule has 1 N–H and O–H groups in total. The minimum Gasteiger partial charge on any atom is -0.497 e. The van der Waals surface area contributed by atoms with Gasteiger partial charge in [-0.25, -0.2) is 4.68 Å². The number of nitrogens with one attached hydrogen (secondary N) is 1. The fourth-order valence-corrected chi connectivity index (χ4v) is 2.80. The van der Waals surface area contributed by atoms with Crippen LogP contribution in [-0.2, 0) is 0 Å². The first kappa shape index (κ1) is 14.3. The Labute approximate surface area is 137 Å². The second-order valence-electron chi connectivity index (χ2n) is 5.38. The smallest absolute Gasteiger partial charge is 0.280 e. The van der Waals surface area contributed by atoms with Crippen molar-refractivity contribution in [2.75, 3.05) is 14.2 Å². The van der Waals surface area contributed by atoms with Crippen molar-refractivity contribution in [3.8, 4) is 17.2 Å². The SMILES string of the molecule is COc1cccc(-n2[nH]c3c(cnc4cc(OC)ccc43)c2=O)c1. The van der Waals surface area contributed by atoms with E-state index in [1.165, 1.54) is 4.68 Å². The van der Waals surface area contributed by atoms with Crippen molar-refractivity contribution in [1.82, 2.24) is 14.8 Å². The molecule has 4 aromatic rings. The summed E-state index contributed by atoms with van der Waals surface area (Å²) in [6.07, 6.45) is 1.59. The number of hydrogen-bond acceptors (Lipinski definition) is 4. The van der Waals surface area contributed by atoms with Crippen LogP contribution in [0.25, 0.3) is 27.5 Å². The summed E-state index contributed by atoms with van der Waals surface area (Å²) < 4.78 is 12.0. The van der Waals surface area contributed by atoms with Crippen molar-refractivity contribution in [2.24, 2.45) is 0 Å². The maximum absolute atomic E-state index is 12.7. The van der Waals surface area contributed by atoms with Gasteiger partial charge in [-0.3, -0.25) is 14.9 Å². The van der Waals surface area contributed by atoms with E-state index in [0.717, 1.165) is 22.2 Å². The molecule has 24 heavy (non-hydrogen) atoms. The average molecular weight is 321 g/mol. The number of pyridine rings is 1. The van der Waals surface area contributed by atoms with Crippen LogP contribution < -0.4 is 15.0 Å². The van der Waals surface area contributed by atoms with Gasteiger partial charge in [0.1, 0.15) is 11.5 Å². The fraction of sp³-hybridized carbons (Fsp3) is 0.111. The molecule has 6 nitrogen and oxygen atoms in total. The molecule has 0 unspecified atom stereocenters. The van der Waals surface area contributed by atoms with Crippen molar-refractivity contribution in [3.05, 3.63) is 59.0 Å². The topological polar surface area (TPSA) is 69.1 Å². The molecule has 0 spiro atoms. The van der Waals surface area contributed by atoms with Crippen LogP contribution >= 0.6 is 0 Å². The van der Waals surface area contributed by atoms with Crippen LogP contribution in [-0.4, -0.2) is 29.0 Å². The van der Waals surface area contributed by atoms with E-state index in [4.69, 9.17) is 9.47 Å². The second-order valence-corrected chi connectivity index (χ2v) is 5.38. The Morgan fingerprint density at radius 2 is 1.79 bits per heavy atom. The van der Waals surface area contributed by atoms with Crippen molar-refractivity contribution >= 4 is 21.8 Å². The monoisotopic (exact) mass is 321 g/mol. The van der Waals surface area contributed by atoms with E-state index in [-0.39, 0.29) is 5.56 Å². The normalized spacial score (nSPS) is 11.1. The summed E-state index contributed by atoms with van der Waals surface area (Å²) in [5.41, 5.74) is 2.07. The van der Waals surface area contributed by atoms with Gasteiger partial charge in [-0.2, -0.15) is 0 Å². The van der Waals surface area contributed by atoms with E-state index >= 15 is 0 Å². The summed E-state index contributed by atoms with van der Waals surface area (Å²) in [7, 11) is 3.21. The number of hydrogen-bond donors (Lipinski definition) is 1. The van der Waals surface area contributed by atoms with Gasteiger partial charge in [0.25, 0.3) is 5.56 Å². The number of aromatic nitrogens is 3. The van der Waals surface area contributed by atoms with Gasteiger partial charge in [-0.05, 0) is 24.3 Å². The van der Waals surface area contributed by atoms with Gasteiger partial charge >= 0.3 is 0 Å². The Hall–Kier alpha value is -3.28. The lowest BCUT2D eigenvalue weighted by Crippen LogP contribution is -2.14. The highest BCUT2D eigenvalue weighted by molar-refractivity contribution is 6.03. The van der Waals surface area contributed by atoms with Crippen LogP contribution in [0.5, 0.6) is 11.5 Å². The number of ether oxygens (including phenoxy) is 2. The molecule has 0 aliphatic carbocycles. The Morgan fingerprint density at radius 3 is 2.58 bits per heavy atom. The molecule has 2 aromatic carbocycles. The first-order chi connectivity index (χ1) is 11.7. The standard InChI is InChI=1S/C18H15N3O3/c1-23-12-5-3-4-11(8-12)21-18(22)15-10-19-16-9-13(24-2)6-7-14(16)17(15)20-21/h3-10,20H,1-2H3. The molecular weight excluding hydrogens is 306 g/mol. The molecule has 0 aliphatic heterocycles. The summed E-state index contributed by atoms with van der Waals surface area (Å²) in [4.78, 5) is 17.1. The fourth-order valence-electron chi connectivity index (χ4n) is 2.80. The lowest BCUT2D eigenvalue weighted by Gasteiger charge is -2.04. The van der Waals surface area contributed by atoms with E-state index in [9.17, 15) is 4.79 Å². The van der Waals surface area contributed by atoms with Gasteiger partial charge in [0.05, 0.1) is 36.3 Å². The minimum atomic E-state index is -0.150. The zero-order chi connectivity index (χ0) is 16.7. The molecule has 0 atom stereocenters. The molecule has 0 saturated carbocycles. The van der Waals surface area contributed by atoms with Gasteiger partial charge < -0.3 is 9.47 Å². The maximum Gasteiger partial charge on any atom is 0.280 e. The van der Waals surface area contributed by atoms with E-state index in [0.29, 0.717) is 16.8 Å². The molecule has 2 heterocycles. The van der Waals surface area contributed by atoms with Crippen molar-refractivity contribution in [1.29, 1.82) is 0 Å². The summed E-state index contributed by atoms with van der Waals surface area (Å²) in [6.45, 7) is 0. The predicted molar refractivity (Wildman–Crippen MR) is 92.3 cm³/mol. The van der Waals surface area contributed by atoms with Gasteiger partial charge in [0.2, 0.25) is 0 Å². The second kappa shape index (κ2) is 5.42. The Morgan fingerprint density at radius 1 is 1.00 bits per heavy atom. The quantitative estimate of drug-likeness (QED) is 0.630. The third-order valence-corrected chi connectivity index (χ3v) is 4.04. The number of methoxy groups -OCH3 is 2. The van der Waals surface area contributed by atoms with Crippen molar-refractivity contribution in [2.45, 2.75) is 0 Å². The molecule has 4 rings (SSSR count). The van der Waals surface area contributed by atoms with Crippen LogP contribution in [0.4, 0.5) is 0 Å². The number of rotatable bonds is 3. The molecule has 0 saturated heterocycles. The maximum atomic E-state index is 12.7. The highest BCUT2D eigenvalue weighted by atomic mass is 16.5. The summed E-state index contributed by atoms with van der Waals surface area (Å²) in [5.74, 6) is 1.41. The molecule has 6 heteroatoms. The minimum absolute atomic E-state index is 0.150. The number of benzene rings is 2. The lowest BCUT2D eigenvalue weighted by molar-refractivity contribution is 0.414. The van der Waals surface area contributed by atoms with Crippen LogP contribution in [0, 0.1) is 0 Å². The largest absolute Gasteiger partial charge is 0.497 e. The first-order valence-corrected chi connectivity index (χ1v) is 7.43. The van der Waals surface area contributed by atoms with Crippen LogP contribution in [0.15, 0.2) is 53.5 Å². The molecule has 2 aromatic heterocycles. The van der Waals surface area contributed by atoms with Gasteiger partial charge in [-0.1, -0.05) is 6.07 Å². The molecule has 0 amide bonds. The lowest BCUT2D eigenvalue weighted by atomic mass is 10.1. The van der Waals surface area contributed by atoms with Crippen LogP contribution in [0.3, 0.4) is 0 Å². The Bertz CT molecular complexity index is 1110. The number of aromatic amines is 1. The Balaban J connectivity index is 1.99. The van der Waals surface area contributed by atoms with Crippen LogP contribution in [0.2, 0.25) is 0 Å². The number of fused-ring (bicyclic) bond motifs is 3. The first-order valence-electron chi connectivity index (χ1n) is 7.43. The summed E-state index contributed by atoms with van der Waals surface area (Å²) in [6, 6.07) is 12.9.